The fourth-order valence-corrected chi connectivity index (χ4v) is 4.15. The molecule has 0 bridgehead atoms. The summed E-state index contributed by atoms with van der Waals surface area (Å²) < 4.78 is 5.16. The zero-order valence-corrected chi connectivity index (χ0v) is 13.2. The van der Waals surface area contributed by atoms with E-state index >= 15 is 0 Å². The van der Waals surface area contributed by atoms with Crippen LogP contribution in [-0.4, -0.2) is 23.7 Å². The number of aliphatic carboxylic acids is 1. The number of carboxylic acid groups (broad SMARTS) is 1. The number of amides is 1. The van der Waals surface area contributed by atoms with Crippen LogP contribution in [0.3, 0.4) is 0 Å². The Kier molecular flexibility index (Phi) is 4.55. The number of fused-ring (bicyclic) bond motifs is 1. The predicted octanol–water partition coefficient (Wildman–Crippen LogP) is 3.19. The summed E-state index contributed by atoms with van der Waals surface area (Å²) in [5, 5.41) is 12.3. The number of hydrogen-bond donors (Lipinski definition) is 2. The van der Waals surface area contributed by atoms with Gasteiger partial charge in [-0.3, -0.25) is 4.79 Å². The molecule has 2 aliphatic carbocycles. The molecule has 1 amide bonds. The highest BCUT2D eigenvalue weighted by Gasteiger charge is 2.51. The van der Waals surface area contributed by atoms with Crippen molar-refractivity contribution in [3.63, 3.8) is 0 Å². The van der Waals surface area contributed by atoms with Gasteiger partial charge in [-0.1, -0.05) is 49.6 Å². The average molecular weight is 317 g/mol. The minimum absolute atomic E-state index is 0.156. The van der Waals surface area contributed by atoms with Crippen LogP contribution in [0.5, 0.6) is 0 Å². The predicted molar refractivity (Wildman–Crippen MR) is 84.8 cm³/mol. The first kappa shape index (κ1) is 15.8. The van der Waals surface area contributed by atoms with Crippen molar-refractivity contribution in [3.05, 3.63) is 35.9 Å². The van der Waals surface area contributed by atoms with Gasteiger partial charge in [-0.2, -0.15) is 0 Å². The third kappa shape index (κ3) is 3.49. The third-order valence-corrected chi connectivity index (χ3v) is 5.36. The first-order valence-corrected chi connectivity index (χ1v) is 8.27. The van der Waals surface area contributed by atoms with Gasteiger partial charge in [-0.15, -0.1) is 0 Å². The third-order valence-electron chi connectivity index (χ3n) is 5.36. The Balaban J connectivity index is 1.51. The van der Waals surface area contributed by atoms with E-state index < -0.39 is 17.5 Å². The van der Waals surface area contributed by atoms with Crippen LogP contribution in [0.4, 0.5) is 4.79 Å². The first-order valence-electron chi connectivity index (χ1n) is 8.27. The lowest BCUT2D eigenvalue weighted by atomic mass is 9.83. The van der Waals surface area contributed by atoms with Gasteiger partial charge in [0.15, 0.2) is 0 Å². The molecule has 0 aromatic heterocycles. The van der Waals surface area contributed by atoms with Crippen molar-refractivity contribution in [2.24, 2.45) is 17.3 Å². The van der Waals surface area contributed by atoms with E-state index in [0.717, 1.165) is 18.4 Å². The van der Waals surface area contributed by atoms with Crippen LogP contribution in [0.1, 0.15) is 37.7 Å². The number of carbonyl (C=O) groups is 2. The molecule has 3 rings (SSSR count). The van der Waals surface area contributed by atoms with E-state index in [2.05, 4.69) is 5.32 Å². The van der Waals surface area contributed by atoms with Crippen LogP contribution in [0.25, 0.3) is 0 Å². The van der Waals surface area contributed by atoms with Crippen molar-refractivity contribution in [1.29, 1.82) is 0 Å². The second-order valence-electron chi connectivity index (χ2n) is 6.86. The second kappa shape index (κ2) is 6.60. The van der Waals surface area contributed by atoms with Gasteiger partial charge in [-0.05, 0) is 30.2 Å². The lowest BCUT2D eigenvalue weighted by molar-refractivity contribution is -0.148. The number of carboxylic acids is 1. The molecule has 2 aliphatic rings. The quantitative estimate of drug-likeness (QED) is 0.874. The molecule has 2 fully saturated rings. The maximum atomic E-state index is 11.9. The van der Waals surface area contributed by atoms with Gasteiger partial charge in [0.2, 0.25) is 0 Å². The van der Waals surface area contributed by atoms with E-state index in [-0.39, 0.29) is 13.2 Å². The van der Waals surface area contributed by atoms with Crippen molar-refractivity contribution in [1.82, 2.24) is 5.32 Å². The number of ether oxygens (including phenoxy) is 1. The monoisotopic (exact) mass is 317 g/mol. The molecule has 0 saturated heterocycles. The highest BCUT2D eigenvalue weighted by Crippen LogP contribution is 2.52. The largest absolute Gasteiger partial charge is 0.481 e. The minimum Gasteiger partial charge on any atom is -0.481 e. The van der Waals surface area contributed by atoms with E-state index in [4.69, 9.17) is 4.74 Å². The van der Waals surface area contributed by atoms with Gasteiger partial charge in [0.25, 0.3) is 0 Å². The number of hydrogen-bond acceptors (Lipinski definition) is 3. The first-order chi connectivity index (χ1) is 11.1. The molecule has 0 aliphatic heterocycles. The van der Waals surface area contributed by atoms with Gasteiger partial charge in [0.1, 0.15) is 6.61 Å². The van der Waals surface area contributed by atoms with Crippen molar-refractivity contribution in [3.8, 4) is 0 Å². The summed E-state index contributed by atoms with van der Waals surface area (Å²) in [7, 11) is 0. The summed E-state index contributed by atoms with van der Waals surface area (Å²) in [5.41, 5.74) is 0.0904. The summed E-state index contributed by atoms with van der Waals surface area (Å²) in [6.07, 6.45) is 4.25. The molecule has 2 unspecified atom stereocenters. The highest BCUT2D eigenvalue weighted by molar-refractivity contribution is 5.77. The van der Waals surface area contributed by atoms with Gasteiger partial charge in [0.05, 0.1) is 5.41 Å². The van der Waals surface area contributed by atoms with E-state index in [1.165, 1.54) is 6.42 Å². The van der Waals surface area contributed by atoms with Gasteiger partial charge in [-0.25, -0.2) is 4.79 Å². The summed E-state index contributed by atoms with van der Waals surface area (Å²) in [4.78, 5) is 23.6. The Morgan fingerprint density at radius 2 is 1.83 bits per heavy atom. The van der Waals surface area contributed by atoms with Gasteiger partial charge in [0, 0.05) is 6.54 Å². The molecule has 5 heteroatoms. The van der Waals surface area contributed by atoms with Crippen LogP contribution >= 0.6 is 0 Å². The van der Waals surface area contributed by atoms with Crippen LogP contribution in [0, 0.1) is 17.3 Å². The van der Waals surface area contributed by atoms with Crippen molar-refractivity contribution >= 4 is 12.1 Å². The molecule has 1 aromatic carbocycles. The summed E-state index contributed by atoms with van der Waals surface area (Å²) in [5.74, 6) is 0.219. The lowest BCUT2D eigenvalue weighted by Gasteiger charge is -2.25. The molecule has 0 spiro atoms. The topological polar surface area (TPSA) is 75.6 Å². The molecule has 1 aromatic rings. The zero-order chi connectivity index (χ0) is 16.3. The maximum absolute atomic E-state index is 11.9. The molecule has 124 valence electrons. The molecular formula is C18H23NO4. The molecule has 0 heterocycles. The molecule has 5 nitrogen and oxygen atoms in total. The second-order valence-corrected chi connectivity index (χ2v) is 6.86. The SMILES string of the molecule is O=C(NCC1(C(=O)O)CC2CCCC2C1)OCc1ccccc1. The van der Waals surface area contributed by atoms with Crippen LogP contribution in [0.2, 0.25) is 0 Å². The number of benzene rings is 1. The van der Waals surface area contributed by atoms with E-state index in [1.54, 1.807) is 0 Å². The van der Waals surface area contributed by atoms with Crippen LogP contribution in [0.15, 0.2) is 30.3 Å². The minimum atomic E-state index is -0.818. The van der Waals surface area contributed by atoms with E-state index in [9.17, 15) is 14.7 Å². The van der Waals surface area contributed by atoms with E-state index in [0.29, 0.717) is 24.7 Å². The molecule has 23 heavy (non-hydrogen) atoms. The van der Waals surface area contributed by atoms with Gasteiger partial charge >= 0.3 is 12.1 Å². The number of rotatable bonds is 5. The van der Waals surface area contributed by atoms with Gasteiger partial charge < -0.3 is 15.2 Å². The Hall–Kier alpha value is -2.04. The number of carbonyl (C=O) groups excluding carboxylic acids is 1. The standard InChI is InChI=1S/C18H23NO4/c20-16(21)18(9-14-7-4-8-15(14)10-18)12-19-17(22)23-11-13-5-2-1-3-6-13/h1-3,5-6,14-15H,4,7-12H2,(H,19,22)(H,20,21). The Morgan fingerprint density at radius 3 is 2.43 bits per heavy atom. The summed E-state index contributed by atoms with van der Waals surface area (Å²) >= 11 is 0. The average Bonchev–Trinajstić information content (AvgIpc) is 3.11. The van der Waals surface area contributed by atoms with Crippen LogP contribution < -0.4 is 5.32 Å². The van der Waals surface area contributed by atoms with Crippen molar-refractivity contribution in [2.45, 2.75) is 38.7 Å². The van der Waals surface area contributed by atoms with Crippen LogP contribution in [-0.2, 0) is 16.1 Å². The molecule has 2 saturated carbocycles. The molecule has 2 atom stereocenters. The molecular weight excluding hydrogens is 294 g/mol. The molecule has 2 N–H and O–H groups in total. The summed E-state index contributed by atoms with van der Waals surface area (Å²) in [6, 6.07) is 9.42. The highest BCUT2D eigenvalue weighted by atomic mass is 16.5. The summed E-state index contributed by atoms with van der Waals surface area (Å²) in [6.45, 7) is 0.348. The van der Waals surface area contributed by atoms with E-state index in [1.807, 2.05) is 30.3 Å². The number of alkyl carbamates (subject to hydrolysis) is 1. The van der Waals surface area contributed by atoms with Crippen molar-refractivity contribution < 1.29 is 19.4 Å². The Bertz CT molecular complexity index is 560. The zero-order valence-electron chi connectivity index (χ0n) is 13.2. The lowest BCUT2D eigenvalue weighted by Crippen LogP contribution is -2.42. The fraction of sp³-hybridized carbons (Fsp3) is 0.556. The maximum Gasteiger partial charge on any atom is 0.407 e. The number of nitrogens with one attached hydrogen (secondary N) is 1. The normalized spacial score (nSPS) is 29.0. The fourth-order valence-electron chi connectivity index (χ4n) is 4.15. The molecule has 0 radical (unpaired) electrons. The Morgan fingerprint density at radius 1 is 1.17 bits per heavy atom. The smallest absolute Gasteiger partial charge is 0.407 e. The van der Waals surface area contributed by atoms with Crippen molar-refractivity contribution in [2.75, 3.05) is 6.54 Å². The Labute approximate surface area is 136 Å².